The standard InChI is InChI=1S/C22H26N2O3S/c25-22(23-14-6-1-2-7-15-23)19-12-13-21-18(17-19)9-8-16-24(21)28(26,27)20-10-4-3-5-11-20/h3-5,10-13,17H,1-2,6-9,14-16H2. The minimum atomic E-state index is -3.60. The molecule has 0 spiro atoms. The Morgan fingerprint density at radius 3 is 2.25 bits per heavy atom. The number of hydrogen-bond acceptors (Lipinski definition) is 3. The first-order valence-corrected chi connectivity index (χ1v) is 11.5. The maximum Gasteiger partial charge on any atom is 0.264 e. The molecule has 1 fully saturated rings. The maximum absolute atomic E-state index is 13.1. The van der Waals surface area contributed by atoms with Crippen molar-refractivity contribution in [3.8, 4) is 0 Å². The summed E-state index contributed by atoms with van der Waals surface area (Å²) in [6.45, 7) is 2.08. The lowest BCUT2D eigenvalue weighted by Crippen LogP contribution is -2.36. The number of carbonyl (C=O) groups is 1. The number of benzene rings is 2. The van der Waals surface area contributed by atoms with E-state index in [4.69, 9.17) is 0 Å². The fourth-order valence-corrected chi connectivity index (χ4v) is 5.68. The summed E-state index contributed by atoms with van der Waals surface area (Å²) in [6, 6.07) is 14.0. The van der Waals surface area contributed by atoms with E-state index < -0.39 is 10.0 Å². The lowest BCUT2D eigenvalue weighted by Gasteiger charge is -2.31. The highest BCUT2D eigenvalue weighted by atomic mass is 32.2. The summed E-state index contributed by atoms with van der Waals surface area (Å²) in [5.74, 6) is 0.0627. The van der Waals surface area contributed by atoms with Gasteiger partial charge in [0.1, 0.15) is 0 Å². The van der Waals surface area contributed by atoms with Crippen LogP contribution in [0.5, 0.6) is 0 Å². The van der Waals surface area contributed by atoms with Gasteiger partial charge < -0.3 is 4.90 Å². The van der Waals surface area contributed by atoms with Crippen molar-refractivity contribution in [2.24, 2.45) is 0 Å². The summed E-state index contributed by atoms with van der Waals surface area (Å²) < 4.78 is 27.7. The van der Waals surface area contributed by atoms with Crippen molar-refractivity contribution in [2.45, 2.75) is 43.4 Å². The molecule has 5 nitrogen and oxygen atoms in total. The van der Waals surface area contributed by atoms with Gasteiger partial charge in [-0.1, -0.05) is 31.0 Å². The average molecular weight is 399 g/mol. The zero-order valence-electron chi connectivity index (χ0n) is 16.0. The molecular weight excluding hydrogens is 372 g/mol. The molecule has 0 unspecified atom stereocenters. The largest absolute Gasteiger partial charge is 0.339 e. The van der Waals surface area contributed by atoms with Gasteiger partial charge >= 0.3 is 0 Å². The second kappa shape index (κ2) is 7.95. The fourth-order valence-electron chi connectivity index (χ4n) is 4.12. The molecule has 0 bridgehead atoms. The Kier molecular flexibility index (Phi) is 5.40. The molecule has 2 aromatic carbocycles. The molecule has 2 aliphatic rings. The van der Waals surface area contributed by atoms with Gasteiger partial charge in [0.25, 0.3) is 15.9 Å². The van der Waals surface area contributed by atoms with Crippen LogP contribution >= 0.6 is 0 Å². The highest BCUT2D eigenvalue weighted by Gasteiger charge is 2.29. The summed E-state index contributed by atoms with van der Waals surface area (Å²) in [4.78, 5) is 15.2. The van der Waals surface area contributed by atoms with Gasteiger partial charge in [-0.3, -0.25) is 9.10 Å². The van der Waals surface area contributed by atoms with E-state index in [-0.39, 0.29) is 5.91 Å². The lowest BCUT2D eigenvalue weighted by atomic mass is 10.00. The van der Waals surface area contributed by atoms with Gasteiger partial charge in [-0.15, -0.1) is 0 Å². The molecule has 0 saturated carbocycles. The number of likely N-dealkylation sites (tertiary alicyclic amines) is 1. The normalized spacial score (nSPS) is 17.7. The number of nitrogens with zero attached hydrogens (tertiary/aromatic N) is 2. The molecule has 0 radical (unpaired) electrons. The van der Waals surface area contributed by atoms with Gasteiger partial charge in [0.2, 0.25) is 0 Å². The van der Waals surface area contributed by atoms with Gasteiger partial charge in [0.05, 0.1) is 10.6 Å². The quantitative estimate of drug-likeness (QED) is 0.789. The van der Waals surface area contributed by atoms with Crippen LogP contribution in [-0.4, -0.2) is 38.9 Å². The first kappa shape index (κ1) is 19.0. The predicted molar refractivity (Wildman–Crippen MR) is 110 cm³/mol. The summed E-state index contributed by atoms with van der Waals surface area (Å²) in [6.07, 6.45) is 6.01. The van der Waals surface area contributed by atoms with E-state index in [9.17, 15) is 13.2 Å². The molecular formula is C22H26N2O3S. The van der Waals surface area contributed by atoms with Crippen LogP contribution in [0, 0.1) is 0 Å². The number of rotatable bonds is 3. The van der Waals surface area contributed by atoms with Gasteiger partial charge in [-0.2, -0.15) is 0 Å². The van der Waals surface area contributed by atoms with Crippen LogP contribution in [0.3, 0.4) is 0 Å². The third kappa shape index (κ3) is 3.65. The topological polar surface area (TPSA) is 57.7 Å². The van der Waals surface area contributed by atoms with Gasteiger partial charge in [0.15, 0.2) is 0 Å². The van der Waals surface area contributed by atoms with Crippen molar-refractivity contribution in [1.82, 2.24) is 4.90 Å². The molecule has 28 heavy (non-hydrogen) atoms. The Morgan fingerprint density at radius 1 is 0.821 bits per heavy atom. The van der Waals surface area contributed by atoms with E-state index in [1.54, 1.807) is 36.4 Å². The van der Waals surface area contributed by atoms with Crippen molar-refractivity contribution < 1.29 is 13.2 Å². The number of sulfonamides is 1. The highest BCUT2D eigenvalue weighted by molar-refractivity contribution is 7.92. The van der Waals surface area contributed by atoms with Crippen molar-refractivity contribution in [2.75, 3.05) is 23.9 Å². The number of hydrogen-bond donors (Lipinski definition) is 0. The monoisotopic (exact) mass is 398 g/mol. The van der Waals surface area contributed by atoms with E-state index >= 15 is 0 Å². The summed E-state index contributed by atoms with van der Waals surface area (Å²) in [5, 5.41) is 0. The second-order valence-corrected chi connectivity index (χ2v) is 9.41. The van der Waals surface area contributed by atoms with E-state index in [2.05, 4.69) is 0 Å². The van der Waals surface area contributed by atoms with E-state index in [0.29, 0.717) is 22.7 Å². The Balaban J connectivity index is 1.63. The number of amides is 1. The van der Waals surface area contributed by atoms with Crippen molar-refractivity contribution in [1.29, 1.82) is 0 Å². The molecule has 4 rings (SSSR count). The maximum atomic E-state index is 13.1. The third-order valence-corrected chi connectivity index (χ3v) is 7.45. The molecule has 0 aromatic heterocycles. The Morgan fingerprint density at radius 2 is 1.54 bits per heavy atom. The number of carbonyl (C=O) groups excluding carboxylic acids is 1. The van der Waals surface area contributed by atoms with Crippen LogP contribution < -0.4 is 4.31 Å². The molecule has 0 aliphatic carbocycles. The van der Waals surface area contributed by atoms with Crippen molar-refractivity contribution in [3.63, 3.8) is 0 Å². The number of anilines is 1. The van der Waals surface area contributed by atoms with E-state index in [1.807, 2.05) is 17.0 Å². The first-order chi connectivity index (χ1) is 13.6. The SMILES string of the molecule is O=C(c1ccc2c(c1)CCCN2S(=O)(=O)c1ccccc1)N1CCCCCC1. The average Bonchev–Trinajstić information content (AvgIpc) is 3.02. The molecule has 1 amide bonds. The minimum Gasteiger partial charge on any atom is -0.339 e. The minimum absolute atomic E-state index is 0.0627. The first-order valence-electron chi connectivity index (χ1n) is 10.1. The molecule has 2 aromatic rings. The smallest absolute Gasteiger partial charge is 0.264 e. The van der Waals surface area contributed by atoms with Gasteiger partial charge in [-0.05, 0) is 61.6 Å². The summed E-state index contributed by atoms with van der Waals surface area (Å²) >= 11 is 0. The molecule has 2 aliphatic heterocycles. The van der Waals surface area contributed by atoms with Crippen LogP contribution in [0.2, 0.25) is 0 Å². The van der Waals surface area contributed by atoms with Crippen LogP contribution in [-0.2, 0) is 16.4 Å². The van der Waals surface area contributed by atoms with E-state index in [0.717, 1.165) is 44.3 Å². The van der Waals surface area contributed by atoms with Crippen LogP contribution in [0.15, 0.2) is 53.4 Å². The molecule has 1 saturated heterocycles. The lowest BCUT2D eigenvalue weighted by molar-refractivity contribution is 0.0761. The molecule has 148 valence electrons. The third-order valence-electron chi connectivity index (χ3n) is 5.63. The second-order valence-electron chi connectivity index (χ2n) is 7.54. The van der Waals surface area contributed by atoms with Crippen LogP contribution in [0.4, 0.5) is 5.69 Å². The zero-order valence-corrected chi connectivity index (χ0v) is 16.8. The fraction of sp³-hybridized carbons (Fsp3) is 0.409. The van der Waals surface area contributed by atoms with E-state index in [1.165, 1.54) is 17.1 Å². The van der Waals surface area contributed by atoms with Crippen molar-refractivity contribution in [3.05, 3.63) is 59.7 Å². The molecule has 2 heterocycles. The zero-order chi connectivity index (χ0) is 19.6. The molecule has 6 heteroatoms. The van der Waals surface area contributed by atoms with Crippen LogP contribution in [0.25, 0.3) is 0 Å². The summed E-state index contributed by atoms with van der Waals surface area (Å²) in [7, 11) is -3.60. The molecule has 0 atom stereocenters. The van der Waals surface area contributed by atoms with Gasteiger partial charge in [-0.25, -0.2) is 8.42 Å². The van der Waals surface area contributed by atoms with Gasteiger partial charge in [0, 0.05) is 25.2 Å². The van der Waals surface area contributed by atoms with Crippen LogP contribution in [0.1, 0.15) is 48.0 Å². The highest BCUT2D eigenvalue weighted by Crippen LogP contribution is 2.33. The Labute approximate surface area is 167 Å². The number of aryl methyl sites for hydroxylation is 1. The van der Waals surface area contributed by atoms with Crippen molar-refractivity contribution >= 4 is 21.6 Å². The Hall–Kier alpha value is -2.34. The predicted octanol–water partition coefficient (Wildman–Crippen LogP) is 3.84. The Bertz CT molecular complexity index is 949. The molecule has 0 N–H and O–H groups in total. The number of fused-ring (bicyclic) bond motifs is 1. The summed E-state index contributed by atoms with van der Waals surface area (Å²) in [5.41, 5.74) is 2.30.